The smallest absolute Gasteiger partial charge is 0.462 e. The predicted molar refractivity (Wildman–Crippen MR) is 248 cm³/mol. The van der Waals surface area contributed by atoms with Gasteiger partial charge in [0.2, 0.25) is 0 Å². The number of phosphoric ester groups is 1. The minimum absolute atomic E-state index is 0.000927. The molecule has 0 amide bonds. The van der Waals surface area contributed by atoms with Gasteiger partial charge >= 0.3 is 19.8 Å². The molecule has 1 aliphatic carbocycles. The summed E-state index contributed by atoms with van der Waals surface area (Å²) in [6.07, 6.45) is 35.8. The standard InChI is InChI=1S/C49H92NO11P/c1-3-5-7-8-9-10-11-12-13-14-15-16-17-18-19-20-21-22-23-24-29-33-48(54)58-40-43(41-60-62(56,57)59-38-37-50)61-49(55)34-30-26-25-28-32-44-45(47(53)39-46(44)52)36-35-42(51)31-27-6-4-2/h35-36,42-46,51-52H,3-34,37-41,50H2,1-2H3,(H,56,57)/b36-35+/t42-,43+,44+,45+,46-/m0/s1. The van der Waals surface area contributed by atoms with E-state index in [-0.39, 0.29) is 50.7 Å². The molecule has 0 bridgehead atoms. The summed E-state index contributed by atoms with van der Waals surface area (Å²) in [7, 11) is -4.44. The number of Topliss-reactive ketones (excluding diaryl/α,β-unsaturated/α-hetero) is 1. The molecule has 5 N–H and O–H groups in total. The van der Waals surface area contributed by atoms with Crippen molar-refractivity contribution in [3.63, 3.8) is 0 Å². The van der Waals surface area contributed by atoms with Crippen LogP contribution in [-0.4, -0.2) is 77.5 Å². The Kier molecular flexibility index (Phi) is 37.4. The Hall–Kier alpha value is -1.66. The van der Waals surface area contributed by atoms with Crippen LogP contribution in [0.2, 0.25) is 0 Å². The number of hydrogen-bond donors (Lipinski definition) is 4. The van der Waals surface area contributed by atoms with E-state index < -0.39 is 50.6 Å². The van der Waals surface area contributed by atoms with Crippen LogP contribution in [-0.2, 0) is 37.5 Å². The number of rotatable bonds is 44. The van der Waals surface area contributed by atoms with E-state index in [0.29, 0.717) is 25.7 Å². The van der Waals surface area contributed by atoms with E-state index in [4.69, 9.17) is 24.3 Å². The van der Waals surface area contributed by atoms with E-state index in [9.17, 15) is 34.1 Å². The lowest BCUT2D eigenvalue weighted by Gasteiger charge is -2.20. The topological polar surface area (TPSA) is 192 Å². The van der Waals surface area contributed by atoms with Crippen LogP contribution in [0.4, 0.5) is 0 Å². The largest absolute Gasteiger partial charge is 0.472 e. The minimum Gasteiger partial charge on any atom is -0.462 e. The highest BCUT2D eigenvalue weighted by Crippen LogP contribution is 2.43. The first-order valence-corrected chi connectivity index (χ1v) is 26.8. The second kappa shape index (κ2) is 39.7. The van der Waals surface area contributed by atoms with Crippen molar-refractivity contribution in [2.75, 3.05) is 26.4 Å². The van der Waals surface area contributed by atoms with Gasteiger partial charge in [-0.15, -0.1) is 0 Å². The summed E-state index contributed by atoms with van der Waals surface area (Å²) in [5, 5.41) is 20.8. The molecule has 1 saturated carbocycles. The molecule has 0 spiro atoms. The Labute approximate surface area is 377 Å². The molecule has 1 rings (SSSR count). The van der Waals surface area contributed by atoms with Crippen molar-refractivity contribution in [3.8, 4) is 0 Å². The van der Waals surface area contributed by atoms with Gasteiger partial charge in [0.05, 0.1) is 25.4 Å². The molecule has 1 fully saturated rings. The molecular weight excluding hydrogens is 810 g/mol. The van der Waals surface area contributed by atoms with Crippen molar-refractivity contribution in [1.82, 2.24) is 0 Å². The number of ketones is 1. The number of hydrogen-bond acceptors (Lipinski definition) is 11. The molecule has 6 atom stereocenters. The summed E-state index contributed by atoms with van der Waals surface area (Å²) >= 11 is 0. The third-order valence-corrected chi connectivity index (χ3v) is 13.0. The van der Waals surface area contributed by atoms with Crippen LogP contribution in [0.3, 0.4) is 0 Å². The van der Waals surface area contributed by atoms with Crippen molar-refractivity contribution >= 4 is 25.5 Å². The normalized spacial score (nSPS) is 18.6. The van der Waals surface area contributed by atoms with E-state index in [1.54, 1.807) is 12.2 Å². The van der Waals surface area contributed by atoms with E-state index in [0.717, 1.165) is 57.8 Å². The molecule has 0 radical (unpaired) electrons. The maximum absolute atomic E-state index is 12.7. The van der Waals surface area contributed by atoms with Gasteiger partial charge in [-0.05, 0) is 31.6 Å². The molecule has 0 aromatic carbocycles. The van der Waals surface area contributed by atoms with Gasteiger partial charge in [0.15, 0.2) is 6.10 Å². The van der Waals surface area contributed by atoms with Gasteiger partial charge in [0.1, 0.15) is 12.4 Å². The number of ether oxygens (including phenoxy) is 2. The number of aliphatic hydroxyl groups is 2. The highest BCUT2D eigenvalue weighted by molar-refractivity contribution is 7.47. The van der Waals surface area contributed by atoms with Gasteiger partial charge in [0.25, 0.3) is 0 Å². The Morgan fingerprint density at radius 3 is 1.68 bits per heavy atom. The maximum Gasteiger partial charge on any atom is 0.472 e. The van der Waals surface area contributed by atoms with Crippen molar-refractivity contribution in [2.24, 2.45) is 17.6 Å². The molecule has 0 aromatic rings. The first-order valence-electron chi connectivity index (χ1n) is 25.3. The monoisotopic (exact) mass is 902 g/mol. The molecule has 364 valence electrons. The highest BCUT2D eigenvalue weighted by atomic mass is 31.2. The number of esters is 2. The number of allylic oxidation sites excluding steroid dienone is 1. The molecule has 62 heavy (non-hydrogen) atoms. The van der Waals surface area contributed by atoms with E-state index in [1.165, 1.54) is 109 Å². The SMILES string of the molecule is CCCCCCCCCCCCCCCCCCCCCCCC(=O)OC[C@H](COP(=O)(O)OCCN)OC(=O)CCCCCC[C@H]1[C@@H](O)CC(=O)[C@@H]1/C=C/[C@@H](O)CCCCC. The lowest BCUT2D eigenvalue weighted by molar-refractivity contribution is -0.161. The van der Waals surface area contributed by atoms with E-state index in [2.05, 4.69) is 13.8 Å². The van der Waals surface area contributed by atoms with Crippen LogP contribution in [0.5, 0.6) is 0 Å². The Balaban J connectivity index is 2.26. The number of carbonyl (C=O) groups is 3. The summed E-state index contributed by atoms with van der Waals surface area (Å²) in [6, 6.07) is 0. The van der Waals surface area contributed by atoms with Crippen molar-refractivity contribution in [3.05, 3.63) is 12.2 Å². The lowest BCUT2D eigenvalue weighted by Crippen LogP contribution is -2.29. The summed E-state index contributed by atoms with van der Waals surface area (Å²) < 4.78 is 32.9. The zero-order valence-corrected chi connectivity index (χ0v) is 40.2. The highest BCUT2D eigenvalue weighted by Gasteiger charge is 2.39. The first kappa shape index (κ1) is 58.4. The van der Waals surface area contributed by atoms with Crippen molar-refractivity contribution < 1.29 is 52.6 Å². The lowest BCUT2D eigenvalue weighted by atomic mass is 9.88. The van der Waals surface area contributed by atoms with Gasteiger partial charge in [0, 0.05) is 31.7 Å². The molecule has 0 heterocycles. The molecule has 1 aliphatic rings. The molecular formula is C49H92NO11P. The van der Waals surface area contributed by atoms with Crippen LogP contribution in [0, 0.1) is 11.8 Å². The summed E-state index contributed by atoms with van der Waals surface area (Å²) in [5.41, 5.74) is 5.36. The molecule has 0 saturated heterocycles. The summed E-state index contributed by atoms with van der Waals surface area (Å²) in [6.45, 7) is 3.40. The first-order chi connectivity index (χ1) is 30.0. The quantitative estimate of drug-likeness (QED) is 0.0196. The zero-order chi connectivity index (χ0) is 45.5. The Morgan fingerprint density at radius 2 is 1.16 bits per heavy atom. The molecule has 1 unspecified atom stereocenters. The van der Waals surface area contributed by atoms with E-state index in [1.807, 2.05) is 0 Å². The van der Waals surface area contributed by atoms with Crippen molar-refractivity contribution in [2.45, 2.75) is 244 Å². The van der Waals surface area contributed by atoms with E-state index >= 15 is 0 Å². The number of carbonyl (C=O) groups excluding carboxylic acids is 3. The molecule has 0 aliphatic heterocycles. The van der Waals surface area contributed by atoms with Crippen LogP contribution < -0.4 is 5.73 Å². The maximum atomic E-state index is 12.7. The van der Waals surface area contributed by atoms with Crippen LogP contribution in [0.15, 0.2) is 12.2 Å². The van der Waals surface area contributed by atoms with Gasteiger partial charge in [-0.25, -0.2) is 4.57 Å². The number of aliphatic hydroxyl groups excluding tert-OH is 2. The fourth-order valence-corrected chi connectivity index (χ4v) is 9.01. The predicted octanol–water partition coefficient (Wildman–Crippen LogP) is 11.5. The van der Waals surface area contributed by atoms with Gasteiger partial charge in [-0.2, -0.15) is 0 Å². The second-order valence-electron chi connectivity index (χ2n) is 17.8. The number of unbranched alkanes of at least 4 members (excludes halogenated alkanes) is 25. The van der Waals surface area contributed by atoms with Crippen LogP contribution in [0.1, 0.15) is 226 Å². The fourth-order valence-electron chi connectivity index (χ4n) is 8.25. The molecule has 12 nitrogen and oxygen atoms in total. The average Bonchev–Trinajstić information content (AvgIpc) is 3.52. The molecule has 0 aromatic heterocycles. The van der Waals surface area contributed by atoms with Crippen molar-refractivity contribution in [1.29, 1.82) is 0 Å². The fraction of sp³-hybridized carbons (Fsp3) is 0.898. The van der Waals surface area contributed by atoms with Crippen LogP contribution in [0.25, 0.3) is 0 Å². The second-order valence-corrected chi connectivity index (χ2v) is 19.3. The minimum atomic E-state index is -4.44. The average molecular weight is 902 g/mol. The Bertz CT molecular complexity index is 1190. The van der Waals surface area contributed by atoms with Gasteiger partial charge < -0.3 is 30.3 Å². The third kappa shape index (κ3) is 32.9. The third-order valence-electron chi connectivity index (χ3n) is 12.1. The van der Waals surface area contributed by atoms with Crippen LogP contribution >= 0.6 is 7.82 Å². The zero-order valence-electron chi connectivity index (χ0n) is 39.3. The summed E-state index contributed by atoms with van der Waals surface area (Å²) in [5.74, 6) is -1.56. The summed E-state index contributed by atoms with van der Waals surface area (Å²) in [4.78, 5) is 47.8. The van der Waals surface area contributed by atoms with Gasteiger partial charge in [-0.3, -0.25) is 23.4 Å². The number of nitrogens with two attached hydrogens (primary N) is 1. The number of phosphoric acid groups is 1. The molecule has 13 heteroatoms. The Morgan fingerprint density at radius 1 is 0.694 bits per heavy atom. The van der Waals surface area contributed by atoms with Gasteiger partial charge in [-0.1, -0.05) is 193 Å².